The van der Waals surface area contributed by atoms with Crippen LogP contribution in [0.15, 0.2) is 0 Å². The van der Waals surface area contributed by atoms with Crippen molar-refractivity contribution in [2.75, 3.05) is 6.61 Å². The minimum Gasteiger partial charge on any atom is -0.465 e. The van der Waals surface area contributed by atoms with E-state index in [9.17, 15) is 4.79 Å². The fraction of sp³-hybridized carbons (Fsp3) is 0.957. The molecule has 0 bridgehead atoms. The lowest BCUT2D eigenvalue weighted by atomic mass is 9.89. The molecule has 0 N–H and O–H groups in total. The van der Waals surface area contributed by atoms with E-state index in [0.29, 0.717) is 24.9 Å². The minimum atomic E-state index is 0.00572. The monoisotopic (exact) mass is 356 g/mol. The third kappa shape index (κ3) is 19.6. The summed E-state index contributed by atoms with van der Waals surface area (Å²) in [4.78, 5) is 11.9. The van der Waals surface area contributed by atoms with Crippen molar-refractivity contribution in [2.45, 2.75) is 119 Å². The van der Waals surface area contributed by atoms with Crippen LogP contribution in [0.25, 0.3) is 0 Å². The molecule has 0 aromatic carbocycles. The molecular formula is C23H48O2. The molecule has 0 amide bonds. The zero-order chi connectivity index (χ0) is 19.5. The van der Waals surface area contributed by atoms with Gasteiger partial charge in [-0.25, -0.2) is 0 Å². The molecule has 0 rings (SSSR count). The summed E-state index contributed by atoms with van der Waals surface area (Å²) in [5.74, 6) is 1.83. The molecule has 0 aliphatic rings. The van der Waals surface area contributed by atoms with E-state index in [1.165, 1.54) is 57.8 Å². The van der Waals surface area contributed by atoms with Gasteiger partial charge in [-0.2, -0.15) is 0 Å². The number of rotatable bonds is 15. The first-order valence-corrected chi connectivity index (χ1v) is 11.1. The van der Waals surface area contributed by atoms with Crippen molar-refractivity contribution in [1.29, 1.82) is 0 Å². The van der Waals surface area contributed by atoms with Crippen molar-refractivity contribution in [2.24, 2.45) is 17.8 Å². The molecule has 152 valence electrons. The SMILES string of the molecule is CC.CCCCCCCCCCC(=O)OCC(CCC(C)C)C(C)C. The summed E-state index contributed by atoms with van der Waals surface area (Å²) >= 11 is 0. The van der Waals surface area contributed by atoms with Crippen LogP contribution in [0.3, 0.4) is 0 Å². The highest BCUT2D eigenvalue weighted by atomic mass is 16.5. The standard InChI is InChI=1S/C21H42O2.C2H6/c1-6-7-8-9-10-11-12-13-14-21(22)23-17-20(19(4)5)16-15-18(2)3;1-2/h18-20H,6-17H2,1-5H3;1-2H3. The van der Waals surface area contributed by atoms with Gasteiger partial charge in [-0.3, -0.25) is 4.79 Å². The number of esters is 1. The number of carbonyl (C=O) groups is 1. The fourth-order valence-corrected chi connectivity index (χ4v) is 2.83. The molecule has 0 radical (unpaired) electrons. The third-order valence-corrected chi connectivity index (χ3v) is 4.75. The molecule has 2 heteroatoms. The maximum absolute atomic E-state index is 11.9. The van der Waals surface area contributed by atoms with Gasteiger partial charge in [0.25, 0.3) is 0 Å². The number of carbonyl (C=O) groups excluding carboxylic acids is 1. The second kappa shape index (κ2) is 19.8. The Morgan fingerprint density at radius 1 is 0.800 bits per heavy atom. The Balaban J connectivity index is 0. The smallest absolute Gasteiger partial charge is 0.305 e. The molecule has 0 aliphatic carbocycles. The molecule has 1 atom stereocenters. The average Bonchev–Trinajstić information content (AvgIpc) is 2.58. The summed E-state index contributed by atoms with van der Waals surface area (Å²) in [6.07, 6.45) is 13.1. The molecule has 0 aliphatic heterocycles. The van der Waals surface area contributed by atoms with Crippen molar-refractivity contribution < 1.29 is 9.53 Å². The van der Waals surface area contributed by atoms with Gasteiger partial charge >= 0.3 is 5.97 Å². The lowest BCUT2D eigenvalue weighted by Gasteiger charge is -2.21. The van der Waals surface area contributed by atoms with E-state index >= 15 is 0 Å². The Hall–Kier alpha value is -0.530. The first-order valence-electron chi connectivity index (χ1n) is 11.1. The highest BCUT2D eigenvalue weighted by Crippen LogP contribution is 2.20. The van der Waals surface area contributed by atoms with E-state index in [-0.39, 0.29) is 5.97 Å². The first kappa shape index (κ1) is 26.7. The second-order valence-electron chi connectivity index (χ2n) is 7.88. The van der Waals surface area contributed by atoms with Gasteiger partial charge < -0.3 is 4.74 Å². The van der Waals surface area contributed by atoms with Crippen LogP contribution in [0, 0.1) is 17.8 Å². The predicted octanol–water partition coefficient (Wildman–Crippen LogP) is 7.80. The van der Waals surface area contributed by atoms with Crippen LogP contribution in [-0.4, -0.2) is 12.6 Å². The van der Waals surface area contributed by atoms with Crippen molar-refractivity contribution in [3.63, 3.8) is 0 Å². The molecule has 0 aromatic rings. The first-order chi connectivity index (χ1) is 12.0. The number of hydrogen-bond acceptors (Lipinski definition) is 2. The summed E-state index contributed by atoms with van der Waals surface area (Å²) in [7, 11) is 0. The van der Waals surface area contributed by atoms with E-state index in [1.807, 2.05) is 13.8 Å². The maximum atomic E-state index is 11.9. The van der Waals surface area contributed by atoms with Gasteiger partial charge in [0.2, 0.25) is 0 Å². The van der Waals surface area contributed by atoms with Crippen LogP contribution in [-0.2, 0) is 9.53 Å². The molecule has 0 spiro atoms. The molecule has 0 heterocycles. The van der Waals surface area contributed by atoms with Gasteiger partial charge in [0, 0.05) is 6.42 Å². The molecule has 0 fully saturated rings. The van der Waals surface area contributed by atoms with E-state index in [2.05, 4.69) is 34.6 Å². The number of hydrogen-bond donors (Lipinski definition) is 0. The average molecular weight is 357 g/mol. The topological polar surface area (TPSA) is 26.3 Å². The molecule has 0 saturated heterocycles. The van der Waals surface area contributed by atoms with E-state index in [0.717, 1.165) is 12.3 Å². The van der Waals surface area contributed by atoms with Crippen molar-refractivity contribution >= 4 is 5.97 Å². The summed E-state index contributed by atoms with van der Waals surface area (Å²) in [5, 5.41) is 0. The Bertz CT molecular complexity index is 271. The van der Waals surface area contributed by atoms with Crippen LogP contribution in [0.2, 0.25) is 0 Å². The zero-order valence-electron chi connectivity index (χ0n) is 18.5. The Labute approximate surface area is 159 Å². The molecule has 0 aromatic heterocycles. The Kier molecular flexibility index (Phi) is 21.1. The van der Waals surface area contributed by atoms with Gasteiger partial charge in [0.05, 0.1) is 6.61 Å². The Morgan fingerprint density at radius 2 is 1.32 bits per heavy atom. The van der Waals surface area contributed by atoms with Gasteiger partial charge in [-0.1, -0.05) is 99.8 Å². The normalized spacial score (nSPS) is 12.0. The second-order valence-corrected chi connectivity index (χ2v) is 7.88. The van der Waals surface area contributed by atoms with Crippen molar-refractivity contribution in [3.8, 4) is 0 Å². The van der Waals surface area contributed by atoms with E-state index in [1.54, 1.807) is 0 Å². The van der Waals surface area contributed by atoms with Crippen molar-refractivity contribution in [3.05, 3.63) is 0 Å². The number of unbranched alkanes of at least 4 members (excludes halogenated alkanes) is 7. The Morgan fingerprint density at radius 3 is 1.80 bits per heavy atom. The van der Waals surface area contributed by atoms with Gasteiger partial charge in [-0.15, -0.1) is 0 Å². The fourth-order valence-electron chi connectivity index (χ4n) is 2.83. The minimum absolute atomic E-state index is 0.00572. The van der Waals surface area contributed by atoms with Gasteiger partial charge in [-0.05, 0) is 30.6 Å². The lowest BCUT2D eigenvalue weighted by Crippen LogP contribution is -2.19. The summed E-state index contributed by atoms with van der Waals surface area (Å²) in [6, 6.07) is 0. The van der Waals surface area contributed by atoms with Gasteiger partial charge in [0.1, 0.15) is 0 Å². The van der Waals surface area contributed by atoms with Crippen LogP contribution in [0.4, 0.5) is 0 Å². The quantitative estimate of drug-likeness (QED) is 0.221. The van der Waals surface area contributed by atoms with Crippen LogP contribution in [0.5, 0.6) is 0 Å². The van der Waals surface area contributed by atoms with Crippen LogP contribution < -0.4 is 0 Å². The van der Waals surface area contributed by atoms with E-state index in [4.69, 9.17) is 4.74 Å². The predicted molar refractivity (Wildman–Crippen MR) is 112 cm³/mol. The van der Waals surface area contributed by atoms with Gasteiger partial charge in [0.15, 0.2) is 0 Å². The summed E-state index contributed by atoms with van der Waals surface area (Å²) < 4.78 is 5.52. The highest BCUT2D eigenvalue weighted by Gasteiger charge is 2.16. The van der Waals surface area contributed by atoms with Crippen molar-refractivity contribution in [1.82, 2.24) is 0 Å². The highest BCUT2D eigenvalue weighted by molar-refractivity contribution is 5.69. The van der Waals surface area contributed by atoms with Crippen LogP contribution >= 0.6 is 0 Å². The summed E-state index contributed by atoms with van der Waals surface area (Å²) in [5.41, 5.74) is 0. The largest absolute Gasteiger partial charge is 0.465 e. The van der Waals surface area contributed by atoms with Crippen LogP contribution in [0.1, 0.15) is 119 Å². The zero-order valence-corrected chi connectivity index (χ0v) is 18.5. The summed E-state index contributed by atoms with van der Waals surface area (Å²) in [6.45, 7) is 15.8. The molecular weight excluding hydrogens is 308 g/mol. The molecule has 0 saturated carbocycles. The van der Waals surface area contributed by atoms with E-state index < -0.39 is 0 Å². The maximum Gasteiger partial charge on any atom is 0.305 e. The lowest BCUT2D eigenvalue weighted by molar-refractivity contribution is -0.145. The molecule has 1 unspecified atom stereocenters. The third-order valence-electron chi connectivity index (χ3n) is 4.75. The molecule has 2 nitrogen and oxygen atoms in total. The number of ether oxygens (including phenoxy) is 1. The molecule has 25 heavy (non-hydrogen) atoms.